The van der Waals surface area contributed by atoms with Crippen LogP contribution < -0.4 is 25.5 Å². The molecule has 0 spiro atoms. The summed E-state index contributed by atoms with van der Waals surface area (Å²) in [5.74, 6) is -1.27. The smallest absolute Gasteiger partial charge is 0.338 e. The van der Waals surface area contributed by atoms with Gasteiger partial charge in [-0.2, -0.15) is 5.10 Å². The van der Waals surface area contributed by atoms with Gasteiger partial charge in [-0.15, -0.1) is 0 Å². The molecule has 1 atom stereocenters. The standard InChI is InChI=1S/C33H32BrN5O9S/c1-4-45-31(41)22-12-10-20(11-13-22)17-48-30-24(34)14-21(15-25(30)39(43)44)16-35-38-27(40)18-47-26-9-7-6-8-23(26)29-28(32(42)46-5-2)19(3)36-33(49)37-29/h6-16,29H,4-5,17-18H2,1-3H3,(H,38,40)(H2,36,37,49)/t29-/m1/s1. The molecule has 16 heteroatoms. The molecule has 1 amide bonds. The fourth-order valence-electron chi connectivity index (χ4n) is 4.67. The van der Waals surface area contributed by atoms with Gasteiger partial charge in [0, 0.05) is 22.9 Å². The number of hydrazone groups is 1. The lowest BCUT2D eigenvalue weighted by Crippen LogP contribution is -2.45. The van der Waals surface area contributed by atoms with Crippen LogP contribution in [0.2, 0.25) is 0 Å². The summed E-state index contributed by atoms with van der Waals surface area (Å²) < 4.78 is 22.0. The Morgan fingerprint density at radius 2 is 1.73 bits per heavy atom. The minimum absolute atomic E-state index is 0.00439. The molecule has 0 fully saturated rings. The number of nitrogens with one attached hydrogen (secondary N) is 3. The Morgan fingerprint density at radius 1 is 1.04 bits per heavy atom. The lowest BCUT2D eigenvalue weighted by molar-refractivity contribution is -0.386. The summed E-state index contributed by atoms with van der Waals surface area (Å²) in [7, 11) is 0. The second kappa shape index (κ2) is 17.2. The van der Waals surface area contributed by atoms with E-state index in [0.29, 0.717) is 44.4 Å². The molecule has 0 bridgehead atoms. The molecule has 3 aromatic carbocycles. The molecule has 0 aliphatic carbocycles. The van der Waals surface area contributed by atoms with Crippen molar-refractivity contribution in [3.63, 3.8) is 0 Å². The highest BCUT2D eigenvalue weighted by molar-refractivity contribution is 9.10. The largest absolute Gasteiger partial charge is 0.483 e. The number of ether oxygens (including phenoxy) is 4. The van der Waals surface area contributed by atoms with E-state index in [4.69, 9.17) is 31.2 Å². The molecule has 1 aliphatic heterocycles. The van der Waals surface area contributed by atoms with Gasteiger partial charge in [0.15, 0.2) is 11.7 Å². The zero-order valence-corrected chi connectivity index (χ0v) is 29.0. The number of thiocarbonyl (C=S) groups is 1. The van der Waals surface area contributed by atoms with Crippen LogP contribution >= 0.6 is 28.1 Å². The van der Waals surface area contributed by atoms with Gasteiger partial charge in [-0.3, -0.25) is 14.9 Å². The topological polar surface area (TPSA) is 180 Å². The number of nitro groups is 1. The van der Waals surface area contributed by atoms with E-state index in [9.17, 15) is 24.5 Å². The Bertz CT molecular complexity index is 1810. The summed E-state index contributed by atoms with van der Waals surface area (Å²) in [4.78, 5) is 48.5. The van der Waals surface area contributed by atoms with Crippen molar-refractivity contribution in [3.8, 4) is 11.5 Å². The first-order valence-electron chi connectivity index (χ1n) is 14.9. The van der Waals surface area contributed by atoms with E-state index in [2.05, 4.69) is 37.1 Å². The Balaban J connectivity index is 1.40. The van der Waals surface area contributed by atoms with Crippen LogP contribution in [0.1, 0.15) is 53.9 Å². The molecule has 4 rings (SSSR count). The molecule has 1 heterocycles. The third-order valence-corrected chi connectivity index (χ3v) is 7.66. The first-order chi connectivity index (χ1) is 23.5. The van der Waals surface area contributed by atoms with Crippen molar-refractivity contribution >= 4 is 63.0 Å². The van der Waals surface area contributed by atoms with Crippen molar-refractivity contribution in [3.05, 3.63) is 109 Å². The van der Waals surface area contributed by atoms with Gasteiger partial charge in [0.2, 0.25) is 5.75 Å². The van der Waals surface area contributed by atoms with E-state index in [1.165, 1.54) is 12.3 Å². The van der Waals surface area contributed by atoms with Crippen molar-refractivity contribution in [2.24, 2.45) is 5.10 Å². The summed E-state index contributed by atoms with van der Waals surface area (Å²) >= 11 is 8.62. The number of halogens is 1. The van der Waals surface area contributed by atoms with E-state index in [1.54, 1.807) is 75.4 Å². The Hall–Kier alpha value is -5.35. The van der Waals surface area contributed by atoms with Crippen LogP contribution in [0.4, 0.5) is 5.69 Å². The van der Waals surface area contributed by atoms with E-state index in [-0.39, 0.29) is 35.7 Å². The van der Waals surface area contributed by atoms with Crippen LogP contribution in [0.25, 0.3) is 0 Å². The number of para-hydroxylation sites is 1. The minimum atomic E-state index is -0.692. The van der Waals surface area contributed by atoms with E-state index in [0.717, 1.165) is 0 Å². The average Bonchev–Trinajstić information content (AvgIpc) is 3.06. The molecule has 3 aromatic rings. The van der Waals surface area contributed by atoms with Crippen molar-refractivity contribution in [1.82, 2.24) is 16.1 Å². The SMILES string of the molecule is CCOC(=O)C1=C(C)NC(=S)N[C@@H]1c1ccccc1OCC(=O)NN=Cc1cc(Br)c(OCc2ccc(C(=O)OCC)cc2)c([N+](=O)[O-])c1. The number of carbonyl (C=O) groups excluding carboxylic acids is 3. The van der Waals surface area contributed by atoms with Crippen LogP contribution in [-0.4, -0.2) is 53.9 Å². The minimum Gasteiger partial charge on any atom is -0.483 e. The quantitative estimate of drug-likeness (QED) is 0.0661. The third-order valence-electron chi connectivity index (χ3n) is 6.85. The number of benzene rings is 3. The average molecular weight is 755 g/mol. The highest BCUT2D eigenvalue weighted by atomic mass is 79.9. The van der Waals surface area contributed by atoms with Gasteiger partial charge in [0.25, 0.3) is 5.91 Å². The molecule has 3 N–H and O–H groups in total. The number of hydrogen-bond acceptors (Lipinski definition) is 11. The number of nitrogens with zero attached hydrogens (tertiary/aromatic N) is 2. The van der Waals surface area contributed by atoms with Crippen LogP contribution in [0, 0.1) is 10.1 Å². The summed E-state index contributed by atoms with van der Waals surface area (Å²) in [6.07, 6.45) is 1.24. The summed E-state index contributed by atoms with van der Waals surface area (Å²) in [5.41, 5.74) is 4.76. The number of hydrogen-bond donors (Lipinski definition) is 3. The molecule has 0 aromatic heterocycles. The summed E-state index contributed by atoms with van der Waals surface area (Å²) in [6.45, 7) is 5.14. The molecule has 0 unspecified atom stereocenters. The van der Waals surface area contributed by atoms with Gasteiger partial charge in [0.05, 0.1) is 46.0 Å². The molecular weight excluding hydrogens is 722 g/mol. The van der Waals surface area contributed by atoms with Crippen molar-refractivity contribution < 1.29 is 38.3 Å². The summed E-state index contributed by atoms with van der Waals surface area (Å²) in [5, 5.41) is 22.1. The van der Waals surface area contributed by atoms with Crippen molar-refractivity contribution in [2.45, 2.75) is 33.4 Å². The fraction of sp³-hybridized carbons (Fsp3) is 0.242. The van der Waals surface area contributed by atoms with E-state index in [1.807, 2.05) is 0 Å². The molecule has 14 nitrogen and oxygen atoms in total. The zero-order valence-electron chi connectivity index (χ0n) is 26.6. The molecule has 0 radical (unpaired) electrons. The van der Waals surface area contributed by atoms with Gasteiger partial charge in [-0.1, -0.05) is 30.3 Å². The van der Waals surface area contributed by atoms with Crippen molar-refractivity contribution in [1.29, 1.82) is 0 Å². The number of nitro benzene ring substituents is 1. The van der Waals surface area contributed by atoms with Gasteiger partial charge in [-0.05, 0) is 78.7 Å². The number of allylic oxidation sites excluding steroid dienone is 1. The van der Waals surface area contributed by atoms with Crippen LogP contribution in [0.15, 0.2) is 81.5 Å². The van der Waals surface area contributed by atoms with Crippen LogP contribution in [0.3, 0.4) is 0 Å². The maximum Gasteiger partial charge on any atom is 0.338 e. The maximum absolute atomic E-state index is 12.8. The van der Waals surface area contributed by atoms with Gasteiger partial charge in [0.1, 0.15) is 12.4 Å². The Morgan fingerprint density at radius 3 is 2.43 bits per heavy atom. The highest BCUT2D eigenvalue weighted by Gasteiger charge is 2.32. The second-order valence-corrected chi connectivity index (χ2v) is 11.5. The predicted octanol–water partition coefficient (Wildman–Crippen LogP) is 5.00. The predicted molar refractivity (Wildman–Crippen MR) is 186 cm³/mol. The lowest BCUT2D eigenvalue weighted by Gasteiger charge is -2.30. The molecule has 0 saturated heterocycles. The number of amides is 1. The molecule has 49 heavy (non-hydrogen) atoms. The molecular formula is C33H32BrN5O9S. The second-order valence-electron chi connectivity index (χ2n) is 10.2. The first kappa shape index (κ1) is 36.5. The zero-order chi connectivity index (χ0) is 35.5. The van der Waals surface area contributed by atoms with Gasteiger partial charge < -0.3 is 29.6 Å². The van der Waals surface area contributed by atoms with Gasteiger partial charge >= 0.3 is 17.6 Å². The molecule has 256 valence electrons. The fourth-order valence-corrected chi connectivity index (χ4v) is 5.52. The first-order valence-corrected chi connectivity index (χ1v) is 16.1. The van der Waals surface area contributed by atoms with E-state index < -0.39 is 35.4 Å². The van der Waals surface area contributed by atoms with E-state index >= 15 is 0 Å². The monoisotopic (exact) mass is 753 g/mol. The van der Waals surface area contributed by atoms with Crippen molar-refractivity contribution in [2.75, 3.05) is 19.8 Å². The molecule has 1 aliphatic rings. The van der Waals surface area contributed by atoms with Crippen LogP contribution in [-0.2, 0) is 25.7 Å². The normalized spacial score (nSPS) is 14.0. The lowest BCUT2D eigenvalue weighted by atomic mass is 9.95. The third kappa shape index (κ3) is 9.61. The Labute approximate surface area is 295 Å². The highest BCUT2D eigenvalue weighted by Crippen LogP contribution is 2.37. The number of esters is 2. The number of carbonyl (C=O) groups is 3. The maximum atomic E-state index is 12.8. The number of rotatable bonds is 14. The molecule has 0 saturated carbocycles. The Kier molecular flexibility index (Phi) is 12.8. The van der Waals surface area contributed by atoms with Crippen LogP contribution in [0.5, 0.6) is 11.5 Å². The van der Waals surface area contributed by atoms with Gasteiger partial charge in [-0.25, -0.2) is 15.0 Å². The summed E-state index contributed by atoms with van der Waals surface area (Å²) in [6, 6.07) is 15.5.